The van der Waals surface area contributed by atoms with Gasteiger partial charge in [0.05, 0.1) is 0 Å². The Morgan fingerprint density at radius 1 is 1.38 bits per heavy atom. The summed E-state index contributed by atoms with van der Waals surface area (Å²) >= 11 is 9.87. The highest BCUT2D eigenvalue weighted by Crippen LogP contribution is 2.17. The fraction of sp³-hybridized carbons (Fsp3) is 0.222. The van der Waals surface area contributed by atoms with Crippen LogP contribution in [0.4, 0.5) is 0 Å². The first-order valence-electron chi connectivity index (χ1n) is 3.69. The van der Waals surface area contributed by atoms with Gasteiger partial charge in [-0.1, -0.05) is 0 Å². The maximum absolute atomic E-state index is 11.5. The van der Waals surface area contributed by atoms with Crippen molar-refractivity contribution in [3.05, 3.63) is 30.9 Å². The van der Waals surface area contributed by atoms with Crippen LogP contribution in [-0.2, 0) is 0 Å². The molecule has 0 fully saturated rings. The standard InChI is InChI=1S/C9H7ClI2O/c10-4-3-9(13)7-5-6(11)1-2-8(7)12/h1-2,5H,3-4H2. The third-order valence-electron chi connectivity index (χ3n) is 1.55. The van der Waals surface area contributed by atoms with Gasteiger partial charge in [0.2, 0.25) is 0 Å². The van der Waals surface area contributed by atoms with E-state index in [4.69, 9.17) is 11.6 Å². The van der Waals surface area contributed by atoms with E-state index in [9.17, 15) is 4.79 Å². The van der Waals surface area contributed by atoms with Crippen LogP contribution in [0.25, 0.3) is 0 Å². The van der Waals surface area contributed by atoms with Crippen molar-refractivity contribution in [3.8, 4) is 0 Å². The van der Waals surface area contributed by atoms with Gasteiger partial charge in [-0.25, -0.2) is 0 Å². The lowest BCUT2D eigenvalue weighted by Crippen LogP contribution is -2.02. The van der Waals surface area contributed by atoms with Gasteiger partial charge in [0, 0.05) is 25.0 Å². The predicted molar refractivity (Wildman–Crippen MR) is 71.5 cm³/mol. The van der Waals surface area contributed by atoms with Crippen molar-refractivity contribution < 1.29 is 4.79 Å². The van der Waals surface area contributed by atoms with Crippen LogP contribution in [0, 0.1) is 7.14 Å². The van der Waals surface area contributed by atoms with Crippen molar-refractivity contribution >= 4 is 62.6 Å². The van der Waals surface area contributed by atoms with Crippen LogP contribution >= 0.6 is 56.8 Å². The molecule has 0 bridgehead atoms. The molecule has 70 valence electrons. The van der Waals surface area contributed by atoms with Gasteiger partial charge in [0.25, 0.3) is 0 Å². The zero-order valence-electron chi connectivity index (χ0n) is 6.69. The van der Waals surface area contributed by atoms with Gasteiger partial charge in [-0.2, -0.15) is 0 Å². The maximum Gasteiger partial charge on any atom is 0.165 e. The molecule has 4 heteroatoms. The molecule has 1 aromatic carbocycles. The minimum Gasteiger partial charge on any atom is -0.294 e. The first kappa shape index (κ1) is 11.7. The Bertz CT molecular complexity index is 325. The van der Waals surface area contributed by atoms with E-state index >= 15 is 0 Å². The number of rotatable bonds is 3. The van der Waals surface area contributed by atoms with Gasteiger partial charge >= 0.3 is 0 Å². The largest absolute Gasteiger partial charge is 0.294 e. The average Bonchev–Trinajstić information content (AvgIpc) is 2.09. The summed E-state index contributed by atoms with van der Waals surface area (Å²) in [4.78, 5) is 11.5. The second-order valence-corrected chi connectivity index (χ2v) is 5.27. The number of hydrogen-bond donors (Lipinski definition) is 0. The lowest BCUT2D eigenvalue weighted by molar-refractivity contribution is 0.0988. The van der Waals surface area contributed by atoms with Crippen LogP contribution in [0.5, 0.6) is 0 Å². The van der Waals surface area contributed by atoms with E-state index < -0.39 is 0 Å². The minimum absolute atomic E-state index is 0.123. The van der Waals surface area contributed by atoms with E-state index in [-0.39, 0.29) is 5.78 Å². The number of carbonyl (C=O) groups excluding carboxylic acids is 1. The molecule has 0 heterocycles. The van der Waals surface area contributed by atoms with E-state index in [1.807, 2.05) is 18.2 Å². The van der Waals surface area contributed by atoms with E-state index in [0.717, 1.165) is 12.7 Å². The molecule has 1 nitrogen and oxygen atoms in total. The van der Waals surface area contributed by atoms with Crippen LogP contribution in [0.2, 0.25) is 0 Å². The van der Waals surface area contributed by atoms with E-state index in [1.165, 1.54) is 0 Å². The SMILES string of the molecule is O=C(CCCl)c1cc(I)ccc1I. The first-order chi connectivity index (χ1) is 6.15. The highest BCUT2D eigenvalue weighted by atomic mass is 127. The Morgan fingerprint density at radius 2 is 2.08 bits per heavy atom. The number of ketones is 1. The second kappa shape index (κ2) is 5.50. The third kappa shape index (κ3) is 3.36. The molecular formula is C9H7ClI2O. The van der Waals surface area contributed by atoms with Crippen molar-refractivity contribution in [1.82, 2.24) is 0 Å². The summed E-state index contributed by atoms with van der Waals surface area (Å²) in [6, 6.07) is 5.83. The summed E-state index contributed by atoms with van der Waals surface area (Å²) in [6.45, 7) is 0. The van der Waals surface area contributed by atoms with Gasteiger partial charge in [-0.15, -0.1) is 11.6 Å². The number of hydrogen-bond acceptors (Lipinski definition) is 1. The molecule has 0 N–H and O–H groups in total. The monoisotopic (exact) mass is 420 g/mol. The van der Waals surface area contributed by atoms with Crippen molar-refractivity contribution in [3.63, 3.8) is 0 Å². The molecule has 0 aliphatic heterocycles. The summed E-state index contributed by atoms with van der Waals surface area (Å²) in [5, 5.41) is 0. The first-order valence-corrected chi connectivity index (χ1v) is 6.38. The smallest absolute Gasteiger partial charge is 0.165 e. The van der Waals surface area contributed by atoms with Gasteiger partial charge in [0.1, 0.15) is 0 Å². The van der Waals surface area contributed by atoms with Crippen LogP contribution in [0.1, 0.15) is 16.8 Å². The van der Waals surface area contributed by atoms with Gasteiger partial charge in [-0.05, 0) is 63.4 Å². The Morgan fingerprint density at radius 3 is 2.69 bits per heavy atom. The molecule has 1 aromatic rings. The molecule has 13 heavy (non-hydrogen) atoms. The van der Waals surface area contributed by atoms with E-state index in [1.54, 1.807) is 0 Å². The third-order valence-corrected chi connectivity index (χ3v) is 3.35. The highest BCUT2D eigenvalue weighted by Gasteiger charge is 2.09. The van der Waals surface area contributed by atoms with Gasteiger partial charge < -0.3 is 0 Å². The Hall–Kier alpha value is 0.640. The number of alkyl halides is 1. The summed E-state index contributed by atoms with van der Waals surface area (Å²) < 4.78 is 2.07. The van der Waals surface area contributed by atoms with Crippen molar-refractivity contribution in [2.45, 2.75) is 6.42 Å². The predicted octanol–water partition coefficient (Wildman–Crippen LogP) is 3.71. The van der Waals surface area contributed by atoms with E-state index in [0.29, 0.717) is 12.3 Å². The molecule has 0 saturated carbocycles. The number of halogens is 3. The number of benzene rings is 1. The maximum atomic E-state index is 11.5. The Balaban J connectivity index is 2.99. The fourth-order valence-corrected chi connectivity index (χ4v) is 2.23. The minimum atomic E-state index is 0.123. The molecule has 0 aliphatic rings. The molecule has 0 aliphatic carbocycles. The molecule has 0 saturated heterocycles. The van der Waals surface area contributed by atoms with Gasteiger partial charge in [-0.3, -0.25) is 4.79 Å². The van der Waals surface area contributed by atoms with Crippen LogP contribution in [-0.4, -0.2) is 11.7 Å². The average molecular weight is 420 g/mol. The van der Waals surface area contributed by atoms with E-state index in [2.05, 4.69) is 45.2 Å². The van der Waals surface area contributed by atoms with Crippen LogP contribution in [0.15, 0.2) is 18.2 Å². The molecule has 0 unspecified atom stereocenters. The molecule has 0 spiro atoms. The lowest BCUT2D eigenvalue weighted by atomic mass is 10.1. The number of Topliss-reactive ketones (excluding diaryl/α,β-unsaturated/α-hetero) is 1. The summed E-state index contributed by atoms with van der Waals surface area (Å²) in [5.74, 6) is 0.512. The molecule has 0 radical (unpaired) electrons. The molecule has 1 rings (SSSR count). The van der Waals surface area contributed by atoms with Crippen molar-refractivity contribution in [2.75, 3.05) is 5.88 Å². The summed E-state index contributed by atoms with van der Waals surface area (Å²) in [6.07, 6.45) is 0.414. The lowest BCUT2D eigenvalue weighted by Gasteiger charge is -2.02. The zero-order valence-corrected chi connectivity index (χ0v) is 11.8. The van der Waals surface area contributed by atoms with Crippen molar-refractivity contribution in [1.29, 1.82) is 0 Å². The summed E-state index contributed by atoms with van der Waals surface area (Å²) in [7, 11) is 0. The molecule has 0 amide bonds. The highest BCUT2D eigenvalue weighted by molar-refractivity contribution is 14.1. The fourth-order valence-electron chi connectivity index (χ4n) is 0.932. The van der Waals surface area contributed by atoms with Gasteiger partial charge in [0.15, 0.2) is 5.78 Å². The van der Waals surface area contributed by atoms with Crippen molar-refractivity contribution in [2.24, 2.45) is 0 Å². The molecule has 0 aromatic heterocycles. The second-order valence-electron chi connectivity index (χ2n) is 2.49. The number of carbonyl (C=O) groups is 1. The van der Waals surface area contributed by atoms with Crippen LogP contribution < -0.4 is 0 Å². The topological polar surface area (TPSA) is 17.1 Å². The molecular weight excluding hydrogens is 413 g/mol. The normalized spacial score (nSPS) is 10.1. The zero-order chi connectivity index (χ0) is 9.84. The van der Waals surface area contributed by atoms with Crippen LogP contribution in [0.3, 0.4) is 0 Å². The quantitative estimate of drug-likeness (QED) is 0.414. The Kier molecular flexibility index (Phi) is 4.96. The molecule has 0 atom stereocenters. The summed E-state index contributed by atoms with van der Waals surface area (Å²) in [5.41, 5.74) is 0.785. The Labute approximate surface area is 110 Å².